The Kier molecular flexibility index (Phi) is 4.70. The Morgan fingerprint density at radius 2 is 2.00 bits per heavy atom. The molecule has 0 aliphatic rings. The van der Waals surface area contributed by atoms with Crippen molar-refractivity contribution in [1.82, 2.24) is 15.1 Å². The number of nitrogens with one attached hydrogen (secondary N) is 1. The lowest BCUT2D eigenvalue weighted by atomic mass is 10.1. The molecule has 2 aromatic carbocycles. The van der Waals surface area contributed by atoms with Crippen LogP contribution in [0.1, 0.15) is 21.5 Å². The number of benzene rings is 2. The summed E-state index contributed by atoms with van der Waals surface area (Å²) in [6.07, 6.45) is 4.33. The summed E-state index contributed by atoms with van der Waals surface area (Å²) in [6.45, 7) is 2.29. The third-order valence-corrected chi connectivity index (χ3v) is 3.85. The molecule has 0 atom stereocenters. The number of carbonyl (C=O) groups is 1. The van der Waals surface area contributed by atoms with Gasteiger partial charge in [-0.1, -0.05) is 18.2 Å². The van der Waals surface area contributed by atoms with E-state index >= 15 is 0 Å². The topological polar surface area (TPSA) is 46.9 Å². The van der Waals surface area contributed by atoms with Crippen LogP contribution < -0.4 is 5.32 Å². The first-order chi connectivity index (χ1) is 11.6. The molecule has 0 aliphatic carbocycles. The van der Waals surface area contributed by atoms with Gasteiger partial charge in [0.1, 0.15) is 5.82 Å². The van der Waals surface area contributed by atoms with Crippen molar-refractivity contribution in [2.75, 3.05) is 6.54 Å². The molecule has 0 fully saturated rings. The van der Waals surface area contributed by atoms with Crippen molar-refractivity contribution in [3.63, 3.8) is 0 Å². The summed E-state index contributed by atoms with van der Waals surface area (Å²) in [6, 6.07) is 14.1. The zero-order valence-electron chi connectivity index (χ0n) is 13.4. The molecule has 5 heteroatoms. The monoisotopic (exact) mass is 323 g/mol. The highest BCUT2D eigenvalue weighted by Gasteiger charge is 2.09. The number of halogens is 1. The van der Waals surface area contributed by atoms with Gasteiger partial charge in [-0.2, -0.15) is 5.10 Å². The molecule has 0 aliphatic heterocycles. The summed E-state index contributed by atoms with van der Waals surface area (Å²) in [4.78, 5) is 12.1. The van der Waals surface area contributed by atoms with Crippen LogP contribution in [-0.2, 0) is 6.42 Å². The van der Waals surface area contributed by atoms with Crippen LogP contribution in [0.4, 0.5) is 4.39 Å². The molecule has 0 bridgehead atoms. The van der Waals surface area contributed by atoms with Gasteiger partial charge < -0.3 is 5.32 Å². The predicted molar refractivity (Wildman–Crippen MR) is 90.7 cm³/mol. The summed E-state index contributed by atoms with van der Waals surface area (Å²) in [5.41, 5.74) is 3.24. The number of nitrogens with zero attached hydrogens (tertiary/aromatic N) is 2. The van der Waals surface area contributed by atoms with Gasteiger partial charge in [0, 0.05) is 24.5 Å². The van der Waals surface area contributed by atoms with Crippen LogP contribution in [0.15, 0.2) is 60.9 Å². The number of aromatic nitrogens is 2. The van der Waals surface area contributed by atoms with E-state index in [-0.39, 0.29) is 5.91 Å². The molecule has 122 valence electrons. The smallest absolute Gasteiger partial charge is 0.251 e. The Bertz CT molecular complexity index is 826. The number of rotatable bonds is 5. The second-order valence-corrected chi connectivity index (χ2v) is 5.58. The molecule has 1 amide bonds. The minimum Gasteiger partial charge on any atom is -0.352 e. The summed E-state index contributed by atoms with van der Waals surface area (Å²) in [5, 5.41) is 7.01. The Labute approximate surface area is 139 Å². The van der Waals surface area contributed by atoms with Crippen molar-refractivity contribution in [2.45, 2.75) is 13.3 Å². The van der Waals surface area contributed by atoms with E-state index in [2.05, 4.69) is 10.4 Å². The average molecular weight is 323 g/mol. The van der Waals surface area contributed by atoms with Crippen LogP contribution in [0.3, 0.4) is 0 Å². The largest absolute Gasteiger partial charge is 0.352 e. The van der Waals surface area contributed by atoms with Crippen molar-refractivity contribution < 1.29 is 9.18 Å². The fraction of sp³-hybridized carbons (Fsp3) is 0.158. The predicted octanol–water partition coefficient (Wildman–Crippen LogP) is 3.29. The molecule has 4 nitrogen and oxygen atoms in total. The van der Waals surface area contributed by atoms with Crippen LogP contribution in [-0.4, -0.2) is 22.2 Å². The maximum absolute atomic E-state index is 13.3. The average Bonchev–Trinajstić information content (AvgIpc) is 3.12. The first kappa shape index (κ1) is 15.9. The lowest BCUT2D eigenvalue weighted by Crippen LogP contribution is -2.26. The first-order valence-corrected chi connectivity index (χ1v) is 7.77. The SMILES string of the molecule is Cc1ccc(F)cc1C(=O)NCCc1ccc(-n2cccn2)cc1. The molecule has 0 saturated heterocycles. The van der Waals surface area contributed by atoms with E-state index in [9.17, 15) is 9.18 Å². The molecule has 1 N–H and O–H groups in total. The molecule has 0 spiro atoms. The standard InChI is InChI=1S/C19H18FN3O/c1-14-3-6-16(20)13-18(14)19(24)21-11-9-15-4-7-17(8-5-15)23-12-2-10-22-23/h2-8,10,12-13H,9,11H2,1H3,(H,21,24). The minimum absolute atomic E-state index is 0.250. The van der Waals surface area contributed by atoms with Crippen molar-refractivity contribution in [3.8, 4) is 5.69 Å². The van der Waals surface area contributed by atoms with E-state index in [0.29, 0.717) is 18.5 Å². The lowest BCUT2D eigenvalue weighted by Gasteiger charge is -2.08. The van der Waals surface area contributed by atoms with Gasteiger partial charge in [0.15, 0.2) is 0 Å². The molecule has 1 aromatic heterocycles. The number of amides is 1. The van der Waals surface area contributed by atoms with E-state index in [0.717, 1.165) is 16.8 Å². The third kappa shape index (κ3) is 3.68. The van der Waals surface area contributed by atoms with Gasteiger partial charge in [0.05, 0.1) is 5.69 Å². The van der Waals surface area contributed by atoms with E-state index < -0.39 is 5.82 Å². The van der Waals surface area contributed by atoms with Crippen LogP contribution >= 0.6 is 0 Å². The molecule has 3 rings (SSSR count). The highest BCUT2D eigenvalue weighted by Crippen LogP contribution is 2.11. The number of hydrogen-bond donors (Lipinski definition) is 1. The maximum atomic E-state index is 13.3. The van der Waals surface area contributed by atoms with Crippen LogP contribution in [0, 0.1) is 12.7 Å². The molecular weight excluding hydrogens is 305 g/mol. The Morgan fingerprint density at radius 1 is 1.21 bits per heavy atom. The van der Waals surface area contributed by atoms with Crippen molar-refractivity contribution >= 4 is 5.91 Å². The van der Waals surface area contributed by atoms with Gasteiger partial charge in [-0.05, 0) is 54.8 Å². The Hall–Kier alpha value is -2.95. The van der Waals surface area contributed by atoms with Gasteiger partial charge in [-0.15, -0.1) is 0 Å². The fourth-order valence-corrected chi connectivity index (χ4v) is 2.49. The van der Waals surface area contributed by atoms with Gasteiger partial charge in [0.2, 0.25) is 0 Å². The van der Waals surface area contributed by atoms with Crippen LogP contribution in [0.2, 0.25) is 0 Å². The quantitative estimate of drug-likeness (QED) is 0.783. The second kappa shape index (κ2) is 7.08. The molecule has 24 heavy (non-hydrogen) atoms. The van der Waals surface area contributed by atoms with E-state index in [1.807, 2.05) is 36.5 Å². The van der Waals surface area contributed by atoms with Crippen molar-refractivity contribution in [1.29, 1.82) is 0 Å². The highest BCUT2D eigenvalue weighted by molar-refractivity contribution is 5.95. The first-order valence-electron chi connectivity index (χ1n) is 7.77. The number of hydrogen-bond acceptors (Lipinski definition) is 2. The summed E-state index contributed by atoms with van der Waals surface area (Å²) < 4.78 is 15.1. The fourth-order valence-electron chi connectivity index (χ4n) is 2.49. The Balaban J connectivity index is 1.56. The van der Waals surface area contributed by atoms with E-state index in [1.165, 1.54) is 12.1 Å². The van der Waals surface area contributed by atoms with Gasteiger partial charge in [-0.25, -0.2) is 9.07 Å². The van der Waals surface area contributed by atoms with Gasteiger partial charge >= 0.3 is 0 Å². The summed E-state index contributed by atoms with van der Waals surface area (Å²) in [7, 11) is 0. The van der Waals surface area contributed by atoms with Gasteiger partial charge in [0.25, 0.3) is 5.91 Å². The molecule has 0 saturated carbocycles. The molecule has 1 heterocycles. The minimum atomic E-state index is -0.403. The van der Waals surface area contributed by atoms with Crippen molar-refractivity contribution in [2.24, 2.45) is 0 Å². The molecule has 3 aromatic rings. The number of carbonyl (C=O) groups excluding carboxylic acids is 1. The van der Waals surface area contributed by atoms with E-state index in [1.54, 1.807) is 23.9 Å². The highest BCUT2D eigenvalue weighted by atomic mass is 19.1. The van der Waals surface area contributed by atoms with Crippen LogP contribution in [0.25, 0.3) is 5.69 Å². The summed E-state index contributed by atoms with van der Waals surface area (Å²) >= 11 is 0. The molecule has 0 unspecified atom stereocenters. The number of aryl methyl sites for hydroxylation is 1. The Morgan fingerprint density at radius 3 is 2.71 bits per heavy atom. The molecular formula is C19H18FN3O. The summed E-state index contributed by atoms with van der Waals surface area (Å²) in [5.74, 6) is -0.653. The van der Waals surface area contributed by atoms with Gasteiger partial charge in [-0.3, -0.25) is 4.79 Å². The zero-order chi connectivity index (χ0) is 16.9. The zero-order valence-corrected chi connectivity index (χ0v) is 13.4. The van der Waals surface area contributed by atoms with E-state index in [4.69, 9.17) is 0 Å². The molecule has 0 radical (unpaired) electrons. The van der Waals surface area contributed by atoms with Crippen LogP contribution in [0.5, 0.6) is 0 Å². The maximum Gasteiger partial charge on any atom is 0.251 e. The second-order valence-electron chi connectivity index (χ2n) is 5.58. The van der Waals surface area contributed by atoms with Crippen molar-refractivity contribution in [3.05, 3.63) is 83.4 Å². The third-order valence-electron chi connectivity index (χ3n) is 3.85. The lowest BCUT2D eigenvalue weighted by molar-refractivity contribution is 0.0953. The normalized spacial score (nSPS) is 10.6.